The van der Waals surface area contributed by atoms with Crippen molar-refractivity contribution in [1.29, 1.82) is 0 Å². The van der Waals surface area contributed by atoms with Crippen molar-refractivity contribution in [2.24, 2.45) is 4.99 Å². The van der Waals surface area contributed by atoms with Crippen molar-refractivity contribution in [2.75, 3.05) is 10.6 Å². The molecule has 0 unspecified atom stereocenters. The van der Waals surface area contributed by atoms with Crippen molar-refractivity contribution in [3.8, 4) is 0 Å². The fourth-order valence-electron chi connectivity index (χ4n) is 4.13. The van der Waals surface area contributed by atoms with E-state index in [1.165, 1.54) is 22.3 Å². The Morgan fingerprint density at radius 3 is 1.52 bits per heavy atom. The number of rotatable bonds is 9. The lowest BCUT2D eigenvalue weighted by atomic mass is 10.0. The molecule has 3 aromatic carbocycles. The summed E-state index contributed by atoms with van der Waals surface area (Å²) in [6.45, 7) is 9.37. The van der Waals surface area contributed by atoms with E-state index in [0.717, 1.165) is 54.1 Å². The second-order valence-corrected chi connectivity index (χ2v) is 8.45. The first-order valence-electron chi connectivity index (χ1n) is 12.1. The molecular weight excluding hydrogens is 426 g/mol. The fourth-order valence-corrected chi connectivity index (χ4v) is 4.30. The zero-order valence-corrected chi connectivity index (χ0v) is 21.1. The lowest BCUT2D eigenvalue weighted by Crippen LogP contribution is -2.25. The second-order valence-electron chi connectivity index (χ2n) is 8.19. The Kier molecular flexibility index (Phi) is 9.38. The van der Waals surface area contributed by atoms with Crippen LogP contribution in [0.3, 0.4) is 0 Å². The number of halogens is 1. The Balaban J connectivity index is 2.02. The largest absolute Gasteiger partial charge is 0.326 e. The number of nitrogens with zero attached hydrogens (tertiary/aromatic N) is 1. The molecule has 0 heterocycles. The van der Waals surface area contributed by atoms with Crippen molar-refractivity contribution in [2.45, 2.75) is 65.8 Å². The number of benzene rings is 3. The van der Waals surface area contributed by atoms with Gasteiger partial charge in [0.05, 0.1) is 6.54 Å². The molecule has 0 aliphatic rings. The lowest BCUT2D eigenvalue weighted by Gasteiger charge is -2.21. The summed E-state index contributed by atoms with van der Waals surface area (Å²) >= 11 is 6.05. The fraction of sp³-hybridized carbons (Fsp3) is 0.345. The van der Waals surface area contributed by atoms with E-state index in [1.807, 2.05) is 12.1 Å². The van der Waals surface area contributed by atoms with Crippen LogP contribution in [0.4, 0.5) is 11.4 Å². The molecular formula is C29H36ClN3. The van der Waals surface area contributed by atoms with Crippen LogP contribution in [-0.2, 0) is 38.1 Å². The average molecular weight is 462 g/mol. The van der Waals surface area contributed by atoms with Crippen molar-refractivity contribution < 1.29 is 0 Å². The van der Waals surface area contributed by atoms with Crippen LogP contribution in [0.15, 0.2) is 65.7 Å². The average Bonchev–Trinajstić information content (AvgIpc) is 2.87. The number of hydrogen-bond acceptors (Lipinski definition) is 1. The standard InChI is InChI=1S/C29H36ClN3/c1-5-23-14-10-15-24(6-2)27(23)32-29(31-20-22-13-9-12-21(18-22)19-30)33-28-25(7-3)16-11-17-26(28)8-4/h9-18H,5-8,19-20H2,1-4H3,(H2,31,32,33). The topological polar surface area (TPSA) is 36.4 Å². The van der Waals surface area contributed by atoms with Gasteiger partial charge in [-0.25, -0.2) is 4.99 Å². The first-order chi connectivity index (χ1) is 16.1. The maximum Gasteiger partial charge on any atom is 0.200 e. The van der Waals surface area contributed by atoms with E-state index >= 15 is 0 Å². The monoisotopic (exact) mass is 461 g/mol. The number of hydrogen-bond donors (Lipinski definition) is 2. The van der Waals surface area contributed by atoms with Crippen molar-refractivity contribution >= 4 is 28.9 Å². The van der Waals surface area contributed by atoms with Crippen molar-refractivity contribution in [1.82, 2.24) is 0 Å². The number of alkyl halides is 1. The van der Waals surface area contributed by atoms with Crippen molar-refractivity contribution in [3.63, 3.8) is 0 Å². The zero-order valence-electron chi connectivity index (χ0n) is 20.3. The summed E-state index contributed by atoms with van der Waals surface area (Å²) < 4.78 is 0. The first kappa shape index (κ1) is 24.9. The molecule has 3 aromatic rings. The highest BCUT2D eigenvalue weighted by Gasteiger charge is 2.13. The van der Waals surface area contributed by atoms with E-state index in [1.54, 1.807) is 0 Å². The van der Waals surface area contributed by atoms with Gasteiger partial charge in [0.15, 0.2) is 0 Å². The highest BCUT2D eigenvalue weighted by atomic mass is 35.5. The van der Waals surface area contributed by atoms with Crippen LogP contribution >= 0.6 is 11.6 Å². The molecule has 3 rings (SSSR count). The predicted molar refractivity (Wildman–Crippen MR) is 145 cm³/mol. The third kappa shape index (κ3) is 6.39. The highest BCUT2D eigenvalue weighted by molar-refractivity contribution is 6.17. The Hall–Kier alpha value is -2.78. The number of anilines is 2. The predicted octanol–water partition coefficient (Wildman–Crippen LogP) is 7.76. The quantitative estimate of drug-likeness (QED) is 0.194. The minimum absolute atomic E-state index is 0.508. The molecule has 4 heteroatoms. The Bertz CT molecular complexity index is 984. The zero-order chi connectivity index (χ0) is 23.6. The van der Waals surface area contributed by atoms with E-state index in [9.17, 15) is 0 Å². The summed E-state index contributed by atoms with van der Waals surface area (Å²) in [5.74, 6) is 1.28. The molecule has 0 bridgehead atoms. The van der Waals surface area contributed by atoms with Crippen LogP contribution in [0.25, 0.3) is 0 Å². The minimum Gasteiger partial charge on any atom is -0.326 e. The Morgan fingerprint density at radius 1 is 0.667 bits per heavy atom. The summed E-state index contributed by atoms with van der Waals surface area (Å²) in [4.78, 5) is 5.01. The molecule has 3 nitrogen and oxygen atoms in total. The number of aliphatic imine (C=N–C) groups is 1. The van der Waals surface area contributed by atoms with Crippen LogP contribution in [0.2, 0.25) is 0 Å². The highest BCUT2D eigenvalue weighted by Crippen LogP contribution is 2.26. The third-order valence-corrected chi connectivity index (χ3v) is 6.36. The summed E-state index contributed by atoms with van der Waals surface area (Å²) in [7, 11) is 0. The van der Waals surface area contributed by atoms with Crippen LogP contribution in [0, 0.1) is 0 Å². The molecule has 174 valence electrons. The van der Waals surface area contributed by atoms with Gasteiger partial charge in [0.25, 0.3) is 0 Å². The first-order valence-corrected chi connectivity index (χ1v) is 12.6. The van der Waals surface area contributed by atoms with E-state index in [0.29, 0.717) is 12.4 Å². The normalized spacial score (nSPS) is 10.7. The molecule has 0 fully saturated rings. The maximum atomic E-state index is 6.05. The van der Waals surface area contributed by atoms with Crippen LogP contribution in [0.5, 0.6) is 0 Å². The van der Waals surface area contributed by atoms with Crippen LogP contribution in [-0.4, -0.2) is 5.96 Å². The smallest absolute Gasteiger partial charge is 0.200 e. The Labute approximate surface area is 204 Å². The summed E-state index contributed by atoms with van der Waals surface area (Å²) in [5, 5.41) is 7.36. The molecule has 0 saturated carbocycles. The summed E-state index contributed by atoms with van der Waals surface area (Å²) in [6, 6.07) is 21.4. The second kappa shape index (κ2) is 12.5. The summed E-state index contributed by atoms with van der Waals surface area (Å²) in [5.41, 5.74) is 9.78. The van der Waals surface area contributed by atoms with Gasteiger partial charge in [0.2, 0.25) is 5.96 Å². The molecule has 0 saturated heterocycles. The van der Waals surface area contributed by atoms with Gasteiger partial charge in [-0.15, -0.1) is 11.6 Å². The number of guanidine groups is 1. The van der Waals surface area contributed by atoms with Gasteiger partial charge < -0.3 is 10.6 Å². The molecule has 0 aliphatic heterocycles. The molecule has 0 radical (unpaired) electrons. The number of nitrogens with one attached hydrogen (secondary N) is 2. The van der Waals surface area contributed by atoms with E-state index < -0.39 is 0 Å². The molecule has 0 amide bonds. The molecule has 0 aliphatic carbocycles. The summed E-state index contributed by atoms with van der Waals surface area (Å²) in [6.07, 6.45) is 3.86. The maximum absolute atomic E-state index is 6.05. The Morgan fingerprint density at radius 2 is 1.09 bits per heavy atom. The molecule has 0 aromatic heterocycles. The number of para-hydroxylation sites is 2. The number of aryl methyl sites for hydroxylation is 4. The molecule has 2 N–H and O–H groups in total. The molecule has 0 spiro atoms. The van der Waals surface area contributed by atoms with Crippen LogP contribution < -0.4 is 10.6 Å². The lowest BCUT2D eigenvalue weighted by molar-refractivity contribution is 1.05. The minimum atomic E-state index is 0.508. The third-order valence-electron chi connectivity index (χ3n) is 6.05. The van der Waals surface area contributed by atoms with Gasteiger partial charge in [0.1, 0.15) is 0 Å². The molecule has 33 heavy (non-hydrogen) atoms. The van der Waals surface area contributed by atoms with Gasteiger partial charge in [-0.2, -0.15) is 0 Å². The van der Waals surface area contributed by atoms with Crippen LogP contribution in [0.1, 0.15) is 61.1 Å². The molecule has 0 atom stereocenters. The van der Waals surface area contributed by atoms with Gasteiger partial charge in [-0.05, 0) is 59.1 Å². The van der Waals surface area contributed by atoms with E-state index in [-0.39, 0.29) is 0 Å². The van der Waals surface area contributed by atoms with E-state index in [2.05, 4.69) is 86.9 Å². The van der Waals surface area contributed by atoms with Crippen molar-refractivity contribution in [3.05, 3.63) is 94.0 Å². The van der Waals surface area contributed by atoms with Gasteiger partial charge >= 0.3 is 0 Å². The SMILES string of the molecule is CCc1cccc(CC)c1NC(=NCc1cccc(CCl)c1)Nc1c(CC)cccc1CC. The van der Waals surface area contributed by atoms with Gasteiger partial charge in [-0.3, -0.25) is 0 Å². The van der Waals surface area contributed by atoms with E-state index in [4.69, 9.17) is 16.6 Å². The van der Waals surface area contributed by atoms with Gasteiger partial charge in [0, 0.05) is 17.3 Å². The van der Waals surface area contributed by atoms with Gasteiger partial charge in [-0.1, -0.05) is 88.4 Å².